The minimum absolute atomic E-state index is 0.0496. The fraction of sp³-hybridized carbons (Fsp3) is 0.176. The van der Waals surface area contributed by atoms with Crippen LogP contribution in [0, 0.1) is 6.92 Å². The number of carbonyl (C=O) groups excluding carboxylic acids is 2. The first-order valence-corrected chi connectivity index (χ1v) is 7.70. The van der Waals surface area contributed by atoms with Crippen LogP contribution in [0.4, 0.5) is 0 Å². The first-order valence-electron chi connectivity index (χ1n) is 6.91. The number of halogens is 1. The van der Waals surface area contributed by atoms with Crippen molar-refractivity contribution in [1.29, 1.82) is 0 Å². The minimum Gasteiger partial charge on any atom is -0.350 e. The number of hydrogen-bond donors (Lipinski definition) is 2. The van der Waals surface area contributed by atoms with Crippen molar-refractivity contribution in [2.75, 3.05) is 6.54 Å². The van der Waals surface area contributed by atoms with E-state index in [1.54, 1.807) is 18.2 Å². The highest BCUT2D eigenvalue weighted by Gasteiger charge is 2.10. The Hall–Kier alpha value is -2.14. The third kappa shape index (κ3) is 4.70. The van der Waals surface area contributed by atoms with Gasteiger partial charge in [-0.1, -0.05) is 42.0 Å². The lowest BCUT2D eigenvalue weighted by Gasteiger charge is -2.08. The Bertz CT molecular complexity index is 686. The second-order valence-electron chi connectivity index (χ2n) is 4.93. The summed E-state index contributed by atoms with van der Waals surface area (Å²) in [6.07, 6.45) is 0. The molecule has 0 unspecified atom stereocenters. The van der Waals surface area contributed by atoms with Crippen LogP contribution in [0.15, 0.2) is 53.0 Å². The van der Waals surface area contributed by atoms with Gasteiger partial charge in [0.25, 0.3) is 5.91 Å². The molecular weight excluding hydrogens is 344 g/mol. The van der Waals surface area contributed by atoms with Crippen molar-refractivity contribution in [1.82, 2.24) is 10.6 Å². The Labute approximate surface area is 138 Å². The second-order valence-corrected chi connectivity index (χ2v) is 5.78. The lowest BCUT2D eigenvalue weighted by Crippen LogP contribution is -2.36. The van der Waals surface area contributed by atoms with Crippen LogP contribution in [0.3, 0.4) is 0 Å². The van der Waals surface area contributed by atoms with Crippen LogP contribution in [0.2, 0.25) is 0 Å². The van der Waals surface area contributed by atoms with Crippen LogP contribution >= 0.6 is 15.9 Å². The van der Waals surface area contributed by atoms with Gasteiger partial charge in [-0.25, -0.2) is 0 Å². The molecule has 22 heavy (non-hydrogen) atoms. The number of rotatable bonds is 5. The summed E-state index contributed by atoms with van der Waals surface area (Å²) in [6, 6.07) is 15.0. The number of benzene rings is 2. The molecule has 0 aromatic heterocycles. The number of aryl methyl sites for hydroxylation is 1. The molecule has 2 N–H and O–H groups in total. The van der Waals surface area contributed by atoms with Gasteiger partial charge in [0.05, 0.1) is 12.1 Å². The molecule has 0 aliphatic carbocycles. The first kappa shape index (κ1) is 16.2. The standard InChI is InChI=1S/C17H17BrN2O2/c1-12-5-4-6-13(9-12)10-19-16(21)11-20-17(22)14-7-2-3-8-15(14)18/h2-9H,10-11H2,1H3,(H,19,21)(H,20,22). The average molecular weight is 361 g/mol. The zero-order valence-corrected chi connectivity index (χ0v) is 13.8. The van der Waals surface area contributed by atoms with E-state index in [0.29, 0.717) is 16.6 Å². The summed E-state index contributed by atoms with van der Waals surface area (Å²) < 4.78 is 0.702. The van der Waals surface area contributed by atoms with E-state index in [4.69, 9.17) is 0 Å². The maximum absolute atomic E-state index is 12.0. The molecule has 2 amide bonds. The topological polar surface area (TPSA) is 58.2 Å². The number of carbonyl (C=O) groups is 2. The molecule has 4 nitrogen and oxygen atoms in total. The van der Waals surface area contributed by atoms with Gasteiger partial charge in [0.2, 0.25) is 5.91 Å². The Kier molecular flexibility index (Phi) is 5.72. The zero-order valence-electron chi connectivity index (χ0n) is 12.2. The molecule has 0 bridgehead atoms. The molecule has 2 rings (SSSR count). The van der Waals surface area contributed by atoms with E-state index < -0.39 is 0 Å². The maximum Gasteiger partial charge on any atom is 0.252 e. The molecule has 0 heterocycles. The number of hydrogen-bond acceptors (Lipinski definition) is 2. The molecule has 5 heteroatoms. The van der Waals surface area contributed by atoms with Crippen LogP contribution < -0.4 is 10.6 Å². The average Bonchev–Trinajstić information content (AvgIpc) is 2.51. The zero-order chi connectivity index (χ0) is 15.9. The van der Waals surface area contributed by atoms with E-state index in [9.17, 15) is 9.59 Å². The molecule has 0 aliphatic rings. The third-order valence-corrected chi connectivity index (χ3v) is 3.79. The summed E-state index contributed by atoms with van der Waals surface area (Å²) >= 11 is 3.31. The van der Waals surface area contributed by atoms with Gasteiger partial charge in [-0.15, -0.1) is 0 Å². The molecule has 0 aliphatic heterocycles. The van der Waals surface area contributed by atoms with Crippen molar-refractivity contribution in [2.24, 2.45) is 0 Å². The first-order chi connectivity index (χ1) is 10.6. The van der Waals surface area contributed by atoms with E-state index in [-0.39, 0.29) is 18.4 Å². The second kappa shape index (κ2) is 7.75. The van der Waals surface area contributed by atoms with E-state index >= 15 is 0 Å². The SMILES string of the molecule is Cc1cccc(CNC(=O)CNC(=O)c2ccccc2Br)c1. The lowest BCUT2D eigenvalue weighted by atomic mass is 10.1. The van der Waals surface area contributed by atoms with Gasteiger partial charge in [0.1, 0.15) is 0 Å². The number of nitrogens with one attached hydrogen (secondary N) is 2. The van der Waals surface area contributed by atoms with Crippen LogP contribution in [0.25, 0.3) is 0 Å². The highest BCUT2D eigenvalue weighted by molar-refractivity contribution is 9.10. The van der Waals surface area contributed by atoms with Gasteiger partial charge in [-0.3, -0.25) is 9.59 Å². The van der Waals surface area contributed by atoms with E-state index in [1.807, 2.05) is 37.3 Å². The van der Waals surface area contributed by atoms with Crippen molar-refractivity contribution in [3.8, 4) is 0 Å². The maximum atomic E-state index is 12.0. The molecule has 2 aromatic carbocycles. The predicted molar refractivity (Wildman–Crippen MR) is 89.5 cm³/mol. The summed E-state index contributed by atoms with van der Waals surface area (Å²) in [5, 5.41) is 5.39. The van der Waals surface area contributed by atoms with Crippen LogP contribution in [0.1, 0.15) is 21.5 Å². The van der Waals surface area contributed by atoms with Gasteiger partial charge in [-0.2, -0.15) is 0 Å². The molecule has 0 saturated heterocycles. The largest absolute Gasteiger partial charge is 0.350 e. The minimum atomic E-state index is -0.279. The molecule has 0 radical (unpaired) electrons. The summed E-state index contributed by atoms with van der Waals surface area (Å²) in [7, 11) is 0. The van der Waals surface area contributed by atoms with Crippen LogP contribution in [0.5, 0.6) is 0 Å². The molecule has 2 aromatic rings. The highest BCUT2D eigenvalue weighted by Crippen LogP contribution is 2.15. The van der Waals surface area contributed by atoms with Gasteiger partial charge in [0.15, 0.2) is 0 Å². The van der Waals surface area contributed by atoms with Crippen molar-refractivity contribution < 1.29 is 9.59 Å². The molecule has 0 atom stereocenters. The van der Waals surface area contributed by atoms with Crippen LogP contribution in [-0.4, -0.2) is 18.4 Å². The summed E-state index contributed by atoms with van der Waals surface area (Å²) in [6.45, 7) is 2.40. The lowest BCUT2D eigenvalue weighted by molar-refractivity contribution is -0.120. The molecule has 0 spiro atoms. The Morgan fingerprint density at radius 2 is 1.82 bits per heavy atom. The third-order valence-electron chi connectivity index (χ3n) is 3.10. The Morgan fingerprint density at radius 1 is 1.05 bits per heavy atom. The van der Waals surface area contributed by atoms with Crippen LogP contribution in [-0.2, 0) is 11.3 Å². The molecule has 114 valence electrons. The fourth-order valence-electron chi connectivity index (χ4n) is 1.99. The fourth-order valence-corrected chi connectivity index (χ4v) is 2.45. The number of amides is 2. The smallest absolute Gasteiger partial charge is 0.252 e. The van der Waals surface area contributed by atoms with E-state index in [2.05, 4.69) is 26.6 Å². The molecule has 0 saturated carbocycles. The van der Waals surface area contributed by atoms with Gasteiger partial charge >= 0.3 is 0 Å². The summed E-state index contributed by atoms with van der Waals surface area (Å²) in [5.41, 5.74) is 2.69. The Morgan fingerprint density at radius 3 is 2.55 bits per heavy atom. The van der Waals surface area contributed by atoms with Gasteiger partial charge in [0, 0.05) is 11.0 Å². The van der Waals surface area contributed by atoms with Crippen molar-refractivity contribution >= 4 is 27.7 Å². The monoisotopic (exact) mass is 360 g/mol. The quantitative estimate of drug-likeness (QED) is 0.861. The van der Waals surface area contributed by atoms with Crippen molar-refractivity contribution in [3.63, 3.8) is 0 Å². The predicted octanol–water partition coefficient (Wildman–Crippen LogP) is 2.80. The van der Waals surface area contributed by atoms with Crippen molar-refractivity contribution in [3.05, 3.63) is 69.7 Å². The molecular formula is C17H17BrN2O2. The summed E-state index contributed by atoms with van der Waals surface area (Å²) in [5.74, 6) is -0.500. The summed E-state index contributed by atoms with van der Waals surface area (Å²) in [4.78, 5) is 23.8. The molecule has 0 fully saturated rings. The van der Waals surface area contributed by atoms with E-state index in [0.717, 1.165) is 11.1 Å². The van der Waals surface area contributed by atoms with Crippen molar-refractivity contribution in [2.45, 2.75) is 13.5 Å². The van der Waals surface area contributed by atoms with Gasteiger partial charge in [-0.05, 0) is 40.5 Å². The Balaban J connectivity index is 1.81. The highest BCUT2D eigenvalue weighted by atomic mass is 79.9. The normalized spacial score (nSPS) is 10.1. The van der Waals surface area contributed by atoms with E-state index in [1.165, 1.54) is 0 Å². The van der Waals surface area contributed by atoms with Gasteiger partial charge < -0.3 is 10.6 Å².